The van der Waals surface area contributed by atoms with Gasteiger partial charge in [0.25, 0.3) is 6.43 Å². The third-order valence-electron chi connectivity index (χ3n) is 2.26. The van der Waals surface area contributed by atoms with Gasteiger partial charge in [-0.2, -0.15) is 0 Å². The van der Waals surface area contributed by atoms with E-state index in [1.165, 1.54) is 0 Å². The van der Waals surface area contributed by atoms with E-state index in [0.717, 1.165) is 12.0 Å². The van der Waals surface area contributed by atoms with E-state index in [0.29, 0.717) is 13.0 Å². The quantitative estimate of drug-likeness (QED) is 0.766. The van der Waals surface area contributed by atoms with Crippen molar-refractivity contribution in [2.75, 3.05) is 6.54 Å². The lowest BCUT2D eigenvalue weighted by Gasteiger charge is -2.17. The van der Waals surface area contributed by atoms with Crippen molar-refractivity contribution in [1.82, 2.24) is 5.32 Å². The first-order valence-electron chi connectivity index (χ1n) is 5.29. The molecule has 0 radical (unpaired) electrons. The second-order valence-corrected chi connectivity index (χ2v) is 3.58. The largest absolute Gasteiger partial charge is 0.309 e. The van der Waals surface area contributed by atoms with Gasteiger partial charge in [0, 0.05) is 0 Å². The summed E-state index contributed by atoms with van der Waals surface area (Å²) in [6.45, 7) is 2.61. The zero-order valence-electron chi connectivity index (χ0n) is 8.92. The van der Waals surface area contributed by atoms with Gasteiger partial charge in [-0.25, -0.2) is 8.78 Å². The Balaban J connectivity index is 2.51. The number of benzene rings is 1. The van der Waals surface area contributed by atoms with Crippen LogP contribution in [0.25, 0.3) is 0 Å². The van der Waals surface area contributed by atoms with Crippen molar-refractivity contribution in [1.29, 1.82) is 0 Å². The van der Waals surface area contributed by atoms with Crippen molar-refractivity contribution >= 4 is 0 Å². The highest BCUT2D eigenvalue weighted by molar-refractivity contribution is 5.16. The zero-order chi connectivity index (χ0) is 11.1. The van der Waals surface area contributed by atoms with Crippen molar-refractivity contribution < 1.29 is 8.78 Å². The molecular weight excluding hydrogens is 196 g/mol. The average Bonchev–Trinajstić information content (AvgIpc) is 2.25. The van der Waals surface area contributed by atoms with Crippen LogP contribution in [0.3, 0.4) is 0 Å². The summed E-state index contributed by atoms with van der Waals surface area (Å²) in [5.74, 6) is 0. The molecule has 1 nitrogen and oxygen atoms in total. The van der Waals surface area contributed by atoms with Crippen molar-refractivity contribution in [3.63, 3.8) is 0 Å². The summed E-state index contributed by atoms with van der Waals surface area (Å²) < 4.78 is 25.3. The number of halogens is 2. The topological polar surface area (TPSA) is 12.0 Å². The van der Waals surface area contributed by atoms with Gasteiger partial charge in [0.15, 0.2) is 0 Å². The Kier molecular flexibility index (Phi) is 5.26. The normalized spacial score (nSPS) is 13.1. The van der Waals surface area contributed by atoms with Gasteiger partial charge in [-0.3, -0.25) is 0 Å². The standard InChI is InChI=1S/C12H17F2N/c1-2-8-15-11(12(13)14)9-10-6-4-3-5-7-10/h3-7,11-12,15H,2,8-9H2,1H3. The average molecular weight is 213 g/mol. The predicted molar refractivity (Wildman–Crippen MR) is 58.2 cm³/mol. The molecule has 15 heavy (non-hydrogen) atoms. The minimum absolute atomic E-state index is 0.387. The number of hydrogen-bond donors (Lipinski definition) is 1. The molecule has 0 bridgehead atoms. The first kappa shape index (κ1) is 12.1. The van der Waals surface area contributed by atoms with Gasteiger partial charge in [-0.1, -0.05) is 37.3 Å². The molecule has 0 saturated carbocycles. The van der Waals surface area contributed by atoms with Crippen LogP contribution in [0.15, 0.2) is 30.3 Å². The van der Waals surface area contributed by atoms with E-state index >= 15 is 0 Å². The van der Waals surface area contributed by atoms with Gasteiger partial charge in [0.05, 0.1) is 6.04 Å². The minimum atomic E-state index is -2.31. The molecule has 0 aliphatic heterocycles. The fourth-order valence-corrected chi connectivity index (χ4v) is 1.45. The van der Waals surface area contributed by atoms with E-state index in [9.17, 15) is 8.78 Å². The first-order chi connectivity index (χ1) is 7.24. The van der Waals surface area contributed by atoms with Crippen molar-refractivity contribution in [2.45, 2.75) is 32.2 Å². The molecule has 1 aromatic rings. The Morgan fingerprint density at radius 1 is 1.20 bits per heavy atom. The third-order valence-corrected chi connectivity index (χ3v) is 2.26. The summed E-state index contributed by atoms with van der Waals surface area (Å²) in [4.78, 5) is 0. The molecule has 0 aromatic heterocycles. The lowest BCUT2D eigenvalue weighted by molar-refractivity contribution is 0.0983. The fraction of sp³-hybridized carbons (Fsp3) is 0.500. The Labute approximate surface area is 89.5 Å². The summed E-state index contributed by atoms with van der Waals surface area (Å²) >= 11 is 0. The Morgan fingerprint density at radius 2 is 1.87 bits per heavy atom. The number of rotatable bonds is 6. The van der Waals surface area contributed by atoms with E-state index in [2.05, 4.69) is 5.32 Å². The van der Waals surface area contributed by atoms with Crippen molar-refractivity contribution in [3.8, 4) is 0 Å². The number of hydrogen-bond acceptors (Lipinski definition) is 1. The molecule has 3 heteroatoms. The highest BCUT2D eigenvalue weighted by atomic mass is 19.3. The van der Waals surface area contributed by atoms with Gasteiger partial charge in [-0.15, -0.1) is 0 Å². The predicted octanol–water partition coefficient (Wildman–Crippen LogP) is 2.86. The number of nitrogens with one attached hydrogen (secondary N) is 1. The van der Waals surface area contributed by atoms with Crippen molar-refractivity contribution in [3.05, 3.63) is 35.9 Å². The van der Waals surface area contributed by atoms with Crippen LogP contribution in [0.4, 0.5) is 8.78 Å². The summed E-state index contributed by atoms with van der Waals surface area (Å²) in [6.07, 6.45) is -1.05. The Morgan fingerprint density at radius 3 is 2.40 bits per heavy atom. The van der Waals surface area contributed by atoms with E-state index < -0.39 is 12.5 Å². The van der Waals surface area contributed by atoms with Crippen LogP contribution in [0.2, 0.25) is 0 Å². The van der Waals surface area contributed by atoms with Crippen LogP contribution in [0, 0.1) is 0 Å². The smallest absolute Gasteiger partial charge is 0.254 e. The maximum atomic E-state index is 12.6. The summed E-state index contributed by atoms with van der Waals surface area (Å²) in [7, 11) is 0. The first-order valence-corrected chi connectivity index (χ1v) is 5.29. The zero-order valence-corrected chi connectivity index (χ0v) is 8.92. The fourth-order valence-electron chi connectivity index (χ4n) is 1.45. The second-order valence-electron chi connectivity index (χ2n) is 3.58. The molecule has 0 aliphatic rings. The molecule has 0 spiro atoms. The van der Waals surface area contributed by atoms with Gasteiger partial charge in [0.1, 0.15) is 0 Å². The summed E-state index contributed by atoms with van der Waals surface area (Å²) in [6, 6.07) is 8.66. The molecule has 1 unspecified atom stereocenters. The van der Waals surface area contributed by atoms with Gasteiger partial charge in [0.2, 0.25) is 0 Å². The van der Waals surface area contributed by atoms with Crippen molar-refractivity contribution in [2.24, 2.45) is 0 Å². The summed E-state index contributed by atoms with van der Waals surface area (Å²) in [5.41, 5.74) is 0.950. The molecular formula is C12H17F2N. The van der Waals surface area contributed by atoms with E-state index in [1.807, 2.05) is 37.3 Å². The maximum absolute atomic E-state index is 12.6. The molecule has 84 valence electrons. The van der Waals surface area contributed by atoms with Gasteiger partial charge >= 0.3 is 0 Å². The monoisotopic (exact) mass is 213 g/mol. The lowest BCUT2D eigenvalue weighted by Crippen LogP contribution is -2.37. The Bertz CT molecular complexity index is 262. The molecule has 1 rings (SSSR count). The third kappa shape index (κ3) is 4.38. The molecule has 0 saturated heterocycles. The van der Waals surface area contributed by atoms with Gasteiger partial charge in [-0.05, 0) is 24.9 Å². The van der Waals surface area contributed by atoms with E-state index in [1.54, 1.807) is 0 Å². The molecule has 0 aliphatic carbocycles. The van der Waals surface area contributed by atoms with Crippen LogP contribution >= 0.6 is 0 Å². The van der Waals surface area contributed by atoms with E-state index in [4.69, 9.17) is 0 Å². The Hall–Kier alpha value is -0.960. The molecule has 0 amide bonds. The lowest BCUT2D eigenvalue weighted by atomic mass is 10.1. The molecule has 0 heterocycles. The highest BCUT2D eigenvalue weighted by Crippen LogP contribution is 2.09. The SMILES string of the molecule is CCCNC(Cc1ccccc1)C(F)F. The minimum Gasteiger partial charge on any atom is -0.309 e. The van der Waals surface area contributed by atoms with Crippen LogP contribution in [-0.4, -0.2) is 19.0 Å². The van der Waals surface area contributed by atoms with Crippen LogP contribution in [-0.2, 0) is 6.42 Å². The molecule has 1 atom stereocenters. The summed E-state index contributed by atoms with van der Waals surface area (Å²) in [5, 5.41) is 2.87. The second kappa shape index (κ2) is 6.51. The molecule has 1 aromatic carbocycles. The van der Waals surface area contributed by atoms with Gasteiger partial charge < -0.3 is 5.32 Å². The van der Waals surface area contributed by atoms with Crippen LogP contribution in [0.5, 0.6) is 0 Å². The highest BCUT2D eigenvalue weighted by Gasteiger charge is 2.19. The van der Waals surface area contributed by atoms with E-state index in [-0.39, 0.29) is 0 Å². The number of alkyl halides is 2. The maximum Gasteiger partial charge on any atom is 0.254 e. The molecule has 0 fully saturated rings. The molecule has 1 N–H and O–H groups in total. The van der Waals surface area contributed by atoms with Crippen LogP contribution in [0.1, 0.15) is 18.9 Å². The van der Waals surface area contributed by atoms with Crippen LogP contribution < -0.4 is 5.32 Å².